The van der Waals surface area contributed by atoms with Crippen molar-refractivity contribution >= 4 is 29.8 Å². The first-order valence-corrected chi connectivity index (χ1v) is 9.96. The Bertz CT molecular complexity index is 1120. The lowest BCUT2D eigenvalue weighted by atomic mass is 10.00. The maximum absolute atomic E-state index is 15.1. The summed E-state index contributed by atoms with van der Waals surface area (Å²) < 4.78 is 15.1. The average Bonchev–Trinajstić information content (AvgIpc) is 2.81. The van der Waals surface area contributed by atoms with Gasteiger partial charge < -0.3 is 15.5 Å². The molecule has 1 aromatic heterocycles. The van der Waals surface area contributed by atoms with Crippen LogP contribution in [0, 0.1) is 5.82 Å². The standard InChI is InChI=1S/C23H22FN5O2/c1-14-9-19-22(28-20(14)13-30)21(24)17(11-27-19)12-29-7-5-15(6-8-29)16-3-4-18(26-10-16)23(31)25-2/h3-5,7,9-11,18,28H,6,8,12H2,1-2H3,(H,25,31). The second-order valence-corrected chi connectivity index (χ2v) is 7.50. The van der Waals surface area contributed by atoms with Crippen LogP contribution >= 0.6 is 0 Å². The monoisotopic (exact) mass is 419 g/mol. The van der Waals surface area contributed by atoms with Crippen LogP contribution in [0.4, 0.5) is 10.1 Å². The molecule has 1 atom stereocenters. The molecule has 1 aromatic rings. The van der Waals surface area contributed by atoms with Gasteiger partial charge in [-0.05, 0) is 48.4 Å². The van der Waals surface area contributed by atoms with Crippen molar-refractivity contribution < 1.29 is 14.0 Å². The molecular formula is C23H22FN5O2. The summed E-state index contributed by atoms with van der Waals surface area (Å²) >= 11 is 0. The Morgan fingerprint density at radius 3 is 2.90 bits per heavy atom. The summed E-state index contributed by atoms with van der Waals surface area (Å²) in [6, 6.07) is -0.486. The summed E-state index contributed by atoms with van der Waals surface area (Å²) in [5.74, 6) is 1.24. The summed E-state index contributed by atoms with van der Waals surface area (Å²) in [6.45, 7) is 2.82. The Morgan fingerprint density at radius 1 is 1.42 bits per heavy atom. The fourth-order valence-electron chi connectivity index (χ4n) is 3.64. The van der Waals surface area contributed by atoms with Crippen LogP contribution in [-0.4, -0.2) is 47.6 Å². The average molecular weight is 419 g/mol. The van der Waals surface area contributed by atoms with E-state index in [0.717, 1.165) is 17.6 Å². The normalized spacial score (nSPS) is 21.9. The molecule has 0 saturated heterocycles. The minimum Gasteiger partial charge on any atom is -0.373 e. The molecule has 0 saturated carbocycles. The van der Waals surface area contributed by atoms with Crippen LogP contribution in [0.5, 0.6) is 0 Å². The number of anilines is 1. The predicted octanol–water partition coefficient (Wildman–Crippen LogP) is 2.54. The molecule has 1 amide bonds. The molecule has 8 heteroatoms. The molecule has 7 nitrogen and oxygen atoms in total. The molecule has 4 heterocycles. The minimum absolute atomic E-state index is 0.140. The van der Waals surface area contributed by atoms with Gasteiger partial charge in [0.2, 0.25) is 5.91 Å². The van der Waals surface area contributed by atoms with Crippen LogP contribution in [0.25, 0.3) is 6.08 Å². The molecule has 0 aromatic carbocycles. The summed E-state index contributed by atoms with van der Waals surface area (Å²) in [5, 5.41) is 5.39. The maximum atomic E-state index is 15.1. The molecule has 3 aliphatic rings. The number of allylic oxidation sites excluding steroid dienone is 4. The predicted molar refractivity (Wildman–Crippen MR) is 117 cm³/mol. The van der Waals surface area contributed by atoms with Gasteiger partial charge in [-0.1, -0.05) is 12.2 Å². The second-order valence-electron chi connectivity index (χ2n) is 7.50. The number of aromatic nitrogens is 1. The number of carbonyl (C=O) groups is 1. The molecule has 4 rings (SSSR count). The number of halogens is 1. The zero-order valence-corrected chi connectivity index (χ0v) is 17.3. The SMILES string of the molecule is CNC(=O)C1C=CC(=C2C=CN(Cc3cnc4c(c3F)NC(=C=O)C(C)=C4)CC2)C=N1. The van der Waals surface area contributed by atoms with E-state index < -0.39 is 11.9 Å². The number of nitrogens with zero attached hydrogens (tertiary/aromatic N) is 3. The summed E-state index contributed by atoms with van der Waals surface area (Å²) in [5.41, 5.74) is 4.09. The molecule has 3 aliphatic heterocycles. The van der Waals surface area contributed by atoms with Crippen molar-refractivity contribution in [3.05, 3.63) is 70.1 Å². The third-order valence-electron chi connectivity index (χ3n) is 5.46. The van der Waals surface area contributed by atoms with Gasteiger partial charge in [-0.15, -0.1) is 0 Å². The minimum atomic E-state index is -0.486. The van der Waals surface area contributed by atoms with Crippen LogP contribution in [0.3, 0.4) is 0 Å². The number of fused-ring (bicyclic) bond motifs is 1. The van der Waals surface area contributed by atoms with Gasteiger partial charge >= 0.3 is 0 Å². The van der Waals surface area contributed by atoms with Gasteiger partial charge in [0, 0.05) is 38.1 Å². The molecule has 1 unspecified atom stereocenters. The molecule has 0 aliphatic carbocycles. The van der Waals surface area contributed by atoms with Crippen LogP contribution in [0.1, 0.15) is 24.6 Å². The third-order valence-corrected chi connectivity index (χ3v) is 5.46. The van der Waals surface area contributed by atoms with Crippen molar-refractivity contribution in [2.24, 2.45) is 4.99 Å². The largest absolute Gasteiger partial charge is 0.373 e. The molecule has 31 heavy (non-hydrogen) atoms. The lowest BCUT2D eigenvalue weighted by molar-refractivity contribution is -0.120. The highest BCUT2D eigenvalue weighted by Gasteiger charge is 2.22. The van der Waals surface area contributed by atoms with Gasteiger partial charge in [-0.2, -0.15) is 0 Å². The Morgan fingerprint density at radius 2 is 2.26 bits per heavy atom. The number of carbonyl (C=O) groups excluding carboxylic acids is 2. The van der Waals surface area contributed by atoms with E-state index >= 15 is 4.39 Å². The number of rotatable bonds is 3. The van der Waals surface area contributed by atoms with Gasteiger partial charge in [0.05, 0.1) is 5.69 Å². The van der Waals surface area contributed by atoms with E-state index in [2.05, 4.69) is 20.6 Å². The molecular weight excluding hydrogens is 397 g/mol. The number of hydrogen-bond acceptors (Lipinski definition) is 6. The van der Waals surface area contributed by atoms with Gasteiger partial charge in [-0.25, -0.2) is 9.18 Å². The summed E-state index contributed by atoms with van der Waals surface area (Å²) in [7, 11) is 1.59. The fourth-order valence-corrected chi connectivity index (χ4v) is 3.64. The number of dihydropyridines is 1. The Hall–Kier alpha value is -3.77. The summed E-state index contributed by atoms with van der Waals surface area (Å²) in [4.78, 5) is 33.4. The van der Waals surface area contributed by atoms with E-state index in [4.69, 9.17) is 0 Å². The molecule has 2 N–H and O–H groups in total. The van der Waals surface area contributed by atoms with Crippen LogP contribution in [-0.2, 0) is 16.1 Å². The van der Waals surface area contributed by atoms with E-state index in [1.165, 1.54) is 6.20 Å². The molecule has 158 valence electrons. The third kappa shape index (κ3) is 4.11. The van der Waals surface area contributed by atoms with Crippen LogP contribution in [0.15, 0.2) is 58.0 Å². The first kappa shape index (κ1) is 20.5. The zero-order chi connectivity index (χ0) is 22.0. The quantitative estimate of drug-likeness (QED) is 0.736. The molecule has 0 spiro atoms. The highest BCUT2D eigenvalue weighted by atomic mass is 19.1. The first-order valence-electron chi connectivity index (χ1n) is 9.96. The van der Waals surface area contributed by atoms with Gasteiger partial charge in [-0.3, -0.25) is 14.8 Å². The highest BCUT2D eigenvalue weighted by Crippen LogP contribution is 2.31. The topological polar surface area (TPSA) is 86.7 Å². The molecule has 0 bridgehead atoms. The fraction of sp³-hybridized carbons (Fsp3) is 0.261. The van der Waals surface area contributed by atoms with E-state index in [-0.39, 0.29) is 17.3 Å². The van der Waals surface area contributed by atoms with Crippen molar-refractivity contribution in [1.29, 1.82) is 0 Å². The van der Waals surface area contributed by atoms with E-state index in [1.54, 1.807) is 38.3 Å². The number of hydrogen-bond donors (Lipinski definition) is 2. The number of likely N-dealkylation sites (N-methyl/N-ethyl adjacent to an activating group) is 1. The highest BCUT2D eigenvalue weighted by molar-refractivity contribution is 5.92. The Labute approximate surface area is 179 Å². The first-order chi connectivity index (χ1) is 15.0. The second kappa shape index (κ2) is 8.53. The Balaban J connectivity index is 1.48. The lowest BCUT2D eigenvalue weighted by Gasteiger charge is -2.26. The van der Waals surface area contributed by atoms with Crippen molar-refractivity contribution in [3.63, 3.8) is 0 Å². The van der Waals surface area contributed by atoms with Crippen molar-refractivity contribution in [1.82, 2.24) is 15.2 Å². The van der Waals surface area contributed by atoms with Crippen molar-refractivity contribution in [2.45, 2.75) is 25.9 Å². The van der Waals surface area contributed by atoms with Gasteiger partial charge in [0.15, 0.2) is 11.8 Å². The lowest BCUT2D eigenvalue weighted by Crippen LogP contribution is -2.30. The maximum Gasteiger partial charge on any atom is 0.248 e. The van der Waals surface area contributed by atoms with Crippen LogP contribution in [0.2, 0.25) is 0 Å². The number of pyridine rings is 1. The number of nitrogens with one attached hydrogen (secondary N) is 2. The van der Waals surface area contributed by atoms with E-state index in [9.17, 15) is 9.59 Å². The molecule has 0 radical (unpaired) electrons. The summed E-state index contributed by atoms with van der Waals surface area (Å²) in [6.07, 6.45) is 13.3. The van der Waals surface area contributed by atoms with E-state index in [1.807, 2.05) is 23.3 Å². The Kier molecular flexibility index (Phi) is 5.64. The molecule has 0 fully saturated rings. The smallest absolute Gasteiger partial charge is 0.248 e. The zero-order valence-electron chi connectivity index (χ0n) is 17.3. The van der Waals surface area contributed by atoms with Crippen LogP contribution < -0.4 is 10.6 Å². The van der Waals surface area contributed by atoms with Crippen molar-refractivity contribution in [2.75, 3.05) is 18.9 Å². The van der Waals surface area contributed by atoms with Gasteiger partial charge in [0.1, 0.15) is 17.4 Å². The van der Waals surface area contributed by atoms with Gasteiger partial charge in [0.25, 0.3) is 0 Å². The van der Waals surface area contributed by atoms with Crippen molar-refractivity contribution in [3.8, 4) is 0 Å². The number of aliphatic imine (C=N–C) groups is 1. The number of amides is 1. The van der Waals surface area contributed by atoms with E-state index in [0.29, 0.717) is 29.9 Å².